The lowest BCUT2D eigenvalue weighted by Crippen LogP contribution is -2.58. The van der Waals surface area contributed by atoms with Crippen LogP contribution in [0.15, 0.2) is 10.9 Å². The zero-order chi connectivity index (χ0) is 15.4. The number of methoxy groups -OCH3 is 1. The molecule has 0 bridgehead atoms. The number of carbonyl (C=O) groups is 1. The first kappa shape index (κ1) is 15.9. The van der Waals surface area contributed by atoms with Crippen molar-refractivity contribution in [3.8, 4) is 0 Å². The van der Waals surface area contributed by atoms with Gasteiger partial charge in [0.25, 0.3) is 5.91 Å². The highest BCUT2D eigenvalue weighted by atomic mass is 32.1. The Morgan fingerprint density at radius 2 is 2.27 bits per heavy atom. The van der Waals surface area contributed by atoms with Crippen molar-refractivity contribution < 1.29 is 14.3 Å². The first-order chi connectivity index (χ1) is 10.7. The number of morpholine rings is 1. The van der Waals surface area contributed by atoms with Gasteiger partial charge in [0.1, 0.15) is 5.69 Å². The Hall–Kier alpha value is -1.02. The number of thiazole rings is 1. The van der Waals surface area contributed by atoms with Crippen LogP contribution in [0.1, 0.15) is 23.3 Å². The fourth-order valence-corrected chi connectivity index (χ4v) is 3.73. The Bertz CT molecular complexity index is 486. The highest BCUT2D eigenvalue weighted by Gasteiger charge is 2.41. The number of nitrogens with zero attached hydrogens (tertiary/aromatic N) is 3. The van der Waals surface area contributed by atoms with Crippen molar-refractivity contribution in [2.45, 2.75) is 18.4 Å². The third-order valence-corrected chi connectivity index (χ3v) is 5.15. The molecule has 0 aliphatic carbocycles. The van der Waals surface area contributed by atoms with Crippen molar-refractivity contribution in [3.63, 3.8) is 0 Å². The number of aromatic nitrogens is 1. The highest BCUT2D eigenvalue weighted by molar-refractivity contribution is 7.07. The van der Waals surface area contributed by atoms with Crippen LogP contribution in [-0.2, 0) is 9.47 Å². The van der Waals surface area contributed by atoms with Crippen LogP contribution in [0.4, 0.5) is 0 Å². The zero-order valence-corrected chi connectivity index (χ0v) is 13.8. The highest BCUT2D eigenvalue weighted by Crippen LogP contribution is 2.30. The molecule has 2 aliphatic rings. The topological polar surface area (TPSA) is 54.9 Å². The molecule has 0 aromatic carbocycles. The second-order valence-electron chi connectivity index (χ2n) is 5.97. The van der Waals surface area contributed by atoms with E-state index in [9.17, 15) is 4.79 Å². The van der Waals surface area contributed by atoms with Crippen LogP contribution in [0.25, 0.3) is 0 Å². The number of hydrogen-bond acceptors (Lipinski definition) is 6. The van der Waals surface area contributed by atoms with E-state index >= 15 is 0 Å². The molecule has 22 heavy (non-hydrogen) atoms. The van der Waals surface area contributed by atoms with Crippen LogP contribution >= 0.6 is 11.3 Å². The van der Waals surface area contributed by atoms with Crippen molar-refractivity contribution in [2.24, 2.45) is 0 Å². The van der Waals surface area contributed by atoms with Crippen molar-refractivity contribution in [2.75, 3.05) is 53.0 Å². The van der Waals surface area contributed by atoms with Gasteiger partial charge in [-0.05, 0) is 12.8 Å². The molecule has 0 N–H and O–H groups in total. The van der Waals surface area contributed by atoms with Gasteiger partial charge in [-0.25, -0.2) is 4.98 Å². The lowest BCUT2D eigenvalue weighted by atomic mass is 9.89. The molecule has 0 unspecified atom stereocenters. The first-order valence-corrected chi connectivity index (χ1v) is 8.69. The van der Waals surface area contributed by atoms with E-state index in [1.807, 2.05) is 10.3 Å². The minimum absolute atomic E-state index is 0.0331. The molecule has 122 valence electrons. The molecule has 0 saturated carbocycles. The average molecular weight is 325 g/mol. The first-order valence-electron chi connectivity index (χ1n) is 7.75. The third-order valence-electron chi connectivity index (χ3n) is 4.57. The molecule has 0 atom stereocenters. The van der Waals surface area contributed by atoms with Crippen LogP contribution in [0, 0.1) is 0 Å². The molecular formula is C15H23N3O3S. The largest absolute Gasteiger partial charge is 0.383 e. The van der Waals surface area contributed by atoms with E-state index in [0.29, 0.717) is 25.4 Å². The van der Waals surface area contributed by atoms with E-state index in [2.05, 4.69) is 9.88 Å². The summed E-state index contributed by atoms with van der Waals surface area (Å²) in [5.41, 5.74) is 2.09. The van der Waals surface area contributed by atoms with Crippen molar-refractivity contribution in [3.05, 3.63) is 16.6 Å². The number of hydrogen-bond donors (Lipinski definition) is 0. The van der Waals surface area contributed by atoms with E-state index in [0.717, 1.165) is 39.1 Å². The second kappa shape index (κ2) is 7.04. The number of carbonyl (C=O) groups excluding carboxylic acids is 1. The maximum absolute atomic E-state index is 12.5. The van der Waals surface area contributed by atoms with Crippen LogP contribution < -0.4 is 0 Å². The summed E-state index contributed by atoms with van der Waals surface area (Å²) in [6, 6.07) is 0. The lowest BCUT2D eigenvalue weighted by Gasteiger charge is -2.47. The van der Waals surface area contributed by atoms with E-state index in [1.54, 1.807) is 12.6 Å². The minimum Gasteiger partial charge on any atom is -0.383 e. The fourth-order valence-electron chi connectivity index (χ4n) is 3.21. The van der Waals surface area contributed by atoms with Crippen molar-refractivity contribution in [1.82, 2.24) is 14.8 Å². The maximum atomic E-state index is 12.5. The number of ether oxygens (including phenoxy) is 2. The second-order valence-corrected chi connectivity index (χ2v) is 6.68. The molecule has 1 aromatic rings. The van der Waals surface area contributed by atoms with E-state index in [4.69, 9.17) is 9.47 Å². The predicted octanol–water partition coefficient (Wildman–Crippen LogP) is 1.10. The summed E-state index contributed by atoms with van der Waals surface area (Å²) in [6.45, 7) is 5.70. The Labute approximate surface area is 135 Å². The summed E-state index contributed by atoms with van der Waals surface area (Å²) in [5, 5.41) is 1.82. The summed E-state index contributed by atoms with van der Waals surface area (Å²) < 4.78 is 11.2. The van der Waals surface area contributed by atoms with Gasteiger partial charge in [0, 0.05) is 38.7 Å². The zero-order valence-electron chi connectivity index (χ0n) is 13.0. The molecule has 2 fully saturated rings. The Balaban J connectivity index is 1.58. The van der Waals surface area contributed by atoms with Gasteiger partial charge in [0.15, 0.2) is 0 Å². The molecule has 1 amide bonds. The van der Waals surface area contributed by atoms with Gasteiger partial charge in [0.05, 0.1) is 30.9 Å². The van der Waals surface area contributed by atoms with Gasteiger partial charge < -0.3 is 19.3 Å². The van der Waals surface area contributed by atoms with E-state index in [1.165, 1.54) is 11.3 Å². The average Bonchev–Trinajstić information content (AvgIpc) is 3.08. The lowest BCUT2D eigenvalue weighted by molar-refractivity contribution is -0.128. The standard InChI is InChI=1S/C15H23N3O3S/c1-20-8-6-17-4-2-15(3-5-17)11-18(7-9-21-15)14(19)13-10-22-12-16-13/h10,12H,2-9,11H2,1H3. The summed E-state index contributed by atoms with van der Waals surface area (Å²) in [5.74, 6) is 0.0331. The van der Waals surface area contributed by atoms with E-state index < -0.39 is 0 Å². The van der Waals surface area contributed by atoms with Gasteiger partial charge in [-0.15, -0.1) is 11.3 Å². The van der Waals surface area contributed by atoms with Crippen LogP contribution in [-0.4, -0.2) is 79.3 Å². The molecule has 1 aromatic heterocycles. The minimum atomic E-state index is -0.173. The molecular weight excluding hydrogens is 302 g/mol. The van der Waals surface area contributed by atoms with Gasteiger partial charge in [-0.1, -0.05) is 0 Å². The summed E-state index contributed by atoms with van der Waals surface area (Å²) in [6.07, 6.45) is 1.94. The van der Waals surface area contributed by atoms with Gasteiger partial charge >= 0.3 is 0 Å². The number of rotatable bonds is 4. The van der Waals surface area contributed by atoms with Crippen LogP contribution in [0.5, 0.6) is 0 Å². The molecule has 1 spiro atoms. The van der Waals surface area contributed by atoms with Crippen molar-refractivity contribution in [1.29, 1.82) is 0 Å². The Morgan fingerprint density at radius 3 is 2.95 bits per heavy atom. The number of likely N-dealkylation sites (tertiary alicyclic amines) is 1. The monoisotopic (exact) mass is 325 g/mol. The number of amides is 1. The Morgan fingerprint density at radius 1 is 1.45 bits per heavy atom. The van der Waals surface area contributed by atoms with Crippen LogP contribution in [0.3, 0.4) is 0 Å². The van der Waals surface area contributed by atoms with E-state index in [-0.39, 0.29) is 11.5 Å². The molecule has 3 heterocycles. The molecule has 2 saturated heterocycles. The third kappa shape index (κ3) is 3.48. The summed E-state index contributed by atoms with van der Waals surface area (Å²) in [7, 11) is 1.73. The fraction of sp³-hybridized carbons (Fsp3) is 0.733. The summed E-state index contributed by atoms with van der Waals surface area (Å²) in [4.78, 5) is 20.9. The predicted molar refractivity (Wildman–Crippen MR) is 84.3 cm³/mol. The molecule has 3 rings (SSSR count). The van der Waals surface area contributed by atoms with Crippen molar-refractivity contribution >= 4 is 17.2 Å². The van der Waals surface area contributed by atoms with Crippen LogP contribution in [0.2, 0.25) is 0 Å². The SMILES string of the molecule is COCCN1CCC2(CC1)CN(C(=O)c1cscn1)CCO2. The number of piperidine rings is 1. The maximum Gasteiger partial charge on any atom is 0.273 e. The molecule has 0 radical (unpaired) electrons. The van der Waals surface area contributed by atoms with Gasteiger partial charge in [0.2, 0.25) is 0 Å². The molecule has 7 heteroatoms. The Kier molecular flexibility index (Phi) is 5.07. The van der Waals surface area contributed by atoms with Gasteiger partial charge in [-0.3, -0.25) is 4.79 Å². The molecule has 6 nitrogen and oxygen atoms in total. The smallest absolute Gasteiger partial charge is 0.273 e. The summed E-state index contributed by atoms with van der Waals surface area (Å²) >= 11 is 1.46. The quantitative estimate of drug-likeness (QED) is 0.830. The molecule has 2 aliphatic heterocycles. The van der Waals surface area contributed by atoms with Gasteiger partial charge in [-0.2, -0.15) is 0 Å². The normalized spacial score (nSPS) is 22.1.